The van der Waals surface area contributed by atoms with Gasteiger partial charge in [-0.05, 0) is 39.3 Å². The molecule has 3 N–H and O–H groups in total. The van der Waals surface area contributed by atoms with Gasteiger partial charge in [-0.3, -0.25) is 0 Å². The average molecular weight is 833 g/mol. The summed E-state index contributed by atoms with van der Waals surface area (Å²) in [5, 5.41) is 3.17. The molecule has 1 atom stereocenters. The molecular weight excluding hydrogens is 788 g/mol. The summed E-state index contributed by atoms with van der Waals surface area (Å²) in [5.74, 6) is 0. The van der Waals surface area contributed by atoms with Crippen LogP contribution in [0.15, 0.2) is 13.2 Å². The van der Waals surface area contributed by atoms with Gasteiger partial charge in [-0.25, -0.2) is 0 Å². The van der Waals surface area contributed by atoms with E-state index < -0.39 is 35.2 Å². The van der Waals surface area contributed by atoms with E-state index in [0.717, 1.165) is 6.17 Å². The first-order valence-corrected chi connectivity index (χ1v) is 32.8. The first-order chi connectivity index (χ1) is 11.8. The summed E-state index contributed by atoms with van der Waals surface area (Å²) in [6.07, 6.45) is 0.721. The second kappa shape index (κ2) is 23.8. The van der Waals surface area contributed by atoms with Gasteiger partial charge in [0, 0.05) is 12.8 Å². The molecule has 0 rings (SSSR count). The summed E-state index contributed by atoms with van der Waals surface area (Å²) in [4.78, 5) is -0.278. The van der Waals surface area contributed by atoms with E-state index in [2.05, 4.69) is 124 Å². The van der Waals surface area contributed by atoms with Gasteiger partial charge in [-0.2, -0.15) is 0 Å². The molecule has 0 aromatic rings. The standard InChI is InChI=1S/C9H30N2O3Si4.C2H6.C2H4.CH4.3HI.V/c1-15-12-17(5,6)14-18(7,9-11-8-10)13-16(2,3)4;2*1-2;;;;;/h11H,8-10,15H2,1-7H3;1-2H3;1-2H2;1H4;3*1H;/q;;;;;;;+3/p-3. The van der Waals surface area contributed by atoms with Crippen molar-refractivity contribution >= 4 is 95.1 Å². The van der Waals surface area contributed by atoms with Crippen LogP contribution in [0.2, 0.25) is 45.8 Å². The monoisotopic (exact) mass is 832 g/mol. The Balaban J connectivity index is -0.000000154. The third kappa shape index (κ3) is 36.9. The third-order valence-corrected chi connectivity index (χ3v) is 14.8. The zero-order valence-electron chi connectivity index (χ0n) is 17.9. The number of hydrogen-bond acceptors (Lipinski definition) is 5. The maximum absolute atomic E-state index is 6.33. The average Bonchev–Trinajstić information content (AvgIpc) is 2.46. The van der Waals surface area contributed by atoms with Crippen LogP contribution in [-0.4, -0.2) is 48.0 Å². The quantitative estimate of drug-likeness (QED) is 0.131. The molecule has 0 saturated carbocycles. The summed E-state index contributed by atoms with van der Waals surface area (Å²) in [6, 6.07) is 0. The molecule has 5 nitrogen and oxygen atoms in total. The molecule has 0 saturated heterocycles. The summed E-state index contributed by atoms with van der Waals surface area (Å²) in [7, 11) is -6.38. The van der Waals surface area contributed by atoms with E-state index in [9.17, 15) is 0 Å². The Bertz CT molecular complexity index is 319. The van der Waals surface area contributed by atoms with Crippen LogP contribution in [0.5, 0.6) is 0 Å². The Morgan fingerprint density at radius 3 is 1.63 bits per heavy atom. The Kier molecular flexibility index (Phi) is 35.8. The molecule has 170 valence electrons. The SMILES string of the molecule is C.C=C.CC.C[SiH2]O[Si](C)(C)O[Si](C)(CNCN)O[Si](C)(C)C.[I][V]([I])[I]. The van der Waals surface area contributed by atoms with Crippen LogP contribution >= 0.6 is 59.9 Å². The summed E-state index contributed by atoms with van der Waals surface area (Å²) < 4.78 is 18.5. The number of rotatable bonds is 9. The first kappa shape index (κ1) is 40.5. The van der Waals surface area contributed by atoms with Crippen molar-refractivity contribution in [3.8, 4) is 0 Å². The normalized spacial score (nSPS) is 13.3. The van der Waals surface area contributed by atoms with E-state index in [1.165, 1.54) is 0 Å². The van der Waals surface area contributed by atoms with Crippen molar-refractivity contribution in [1.29, 1.82) is 0 Å². The van der Waals surface area contributed by atoms with E-state index in [1.54, 1.807) is 0 Å². The van der Waals surface area contributed by atoms with E-state index in [4.69, 9.17) is 18.1 Å². The van der Waals surface area contributed by atoms with Gasteiger partial charge in [0.15, 0.2) is 8.32 Å². The number of nitrogens with two attached hydrogens (primary N) is 1. The molecule has 0 aliphatic rings. The molecule has 0 aromatic carbocycles. The van der Waals surface area contributed by atoms with Gasteiger partial charge < -0.3 is 23.4 Å². The van der Waals surface area contributed by atoms with Gasteiger partial charge in [0.05, 0.1) is 0 Å². The molecule has 0 amide bonds. The summed E-state index contributed by atoms with van der Waals surface area (Å²) in [6.45, 7) is 25.5. The molecule has 1 unspecified atom stereocenters. The topological polar surface area (TPSA) is 65.7 Å². The Morgan fingerprint density at radius 2 is 1.37 bits per heavy atom. The molecule has 0 aliphatic carbocycles. The summed E-state index contributed by atoms with van der Waals surface area (Å²) in [5.41, 5.74) is 5.52. The fourth-order valence-electron chi connectivity index (χ4n) is 1.94. The van der Waals surface area contributed by atoms with Crippen molar-refractivity contribution in [1.82, 2.24) is 5.32 Å². The van der Waals surface area contributed by atoms with E-state index in [1.807, 2.05) is 13.8 Å². The van der Waals surface area contributed by atoms with Gasteiger partial charge in [0.1, 0.15) is 9.76 Å². The number of halogens is 3. The van der Waals surface area contributed by atoms with Crippen molar-refractivity contribution in [2.75, 3.05) is 12.8 Å². The van der Waals surface area contributed by atoms with Gasteiger partial charge in [-0.15, -0.1) is 13.2 Å². The predicted octanol–water partition coefficient (Wildman–Crippen LogP) is 5.94. The molecule has 0 aliphatic heterocycles. The fourth-order valence-corrected chi connectivity index (χ4v) is 16.5. The Morgan fingerprint density at radius 1 is 1.00 bits per heavy atom. The minimum atomic E-state index is -2.25. The zero-order valence-corrected chi connectivity index (χ0v) is 30.2. The van der Waals surface area contributed by atoms with Crippen molar-refractivity contribution in [3.63, 3.8) is 0 Å². The van der Waals surface area contributed by atoms with E-state index in [-0.39, 0.29) is 12.3 Å². The van der Waals surface area contributed by atoms with Crippen LogP contribution in [0.1, 0.15) is 21.3 Å². The Labute approximate surface area is 213 Å². The van der Waals surface area contributed by atoms with Gasteiger partial charge in [0.2, 0.25) is 0 Å². The Hall–Kier alpha value is 3.18. The van der Waals surface area contributed by atoms with E-state index in [0.29, 0.717) is 6.67 Å². The van der Waals surface area contributed by atoms with Crippen LogP contribution in [0.3, 0.4) is 0 Å². The third-order valence-electron chi connectivity index (χ3n) is 2.07. The predicted molar refractivity (Wildman–Crippen MR) is 159 cm³/mol. The van der Waals surface area contributed by atoms with Crippen LogP contribution in [0.4, 0.5) is 0 Å². The van der Waals surface area contributed by atoms with Gasteiger partial charge in [0.25, 0.3) is 0 Å². The zero-order chi connectivity index (χ0) is 22.0. The second-order valence-electron chi connectivity index (χ2n) is 6.11. The second-order valence-corrected chi connectivity index (χ2v) is 54.5. The fraction of sp³-hybridized carbons (Fsp3) is 0.857. The molecule has 13 heteroatoms. The van der Waals surface area contributed by atoms with Crippen molar-refractivity contribution in [2.45, 2.75) is 67.1 Å². The molecular formula is C14H44I3N2O3Si4V. The summed E-state index contributed by atoms with van der Waals surface area (Å²) >= 11 is 7.39. The molecule has 0 heterocycles. The van der Waals surface area contributed by atoms with Crippen LogP contribution in [0.25, 0.3) is 0 Å². The molecule has 0 spiro atoms. The number of nitrogens with one attached hydrogen (secondary N) is 1. The van der Waals surface area contributed by atoms with Crippen molar-refractivity contribution in [3.05, 3.63) is 13.2 Å². The molecule has 0 radical (unpaired) electrons. The van der Waals surface area contributed by atoms with Gasteiger partial charge in [-0.1, -0.05) is 27.8 Å². The van der Waals surface area contributed by atoms with Gasteiger partial charge >= 0.3 is 82.0 Å². The van der Waals surface area contributed by atoms with Crippen LogP contribution in [0, 0.1) is 0 Å². The molecule has 0 bridgehead atoms. The number of hydrogen-bond donors (Lipinski definition) is 2. The van der Waals surface area contributed by atoms with E-state index >= 15 is 0 Å². The molecule has 0 aromatic heterocycles. The molecule has 27 heavy (non-hydrogen) atoms. The van der Waals surface area contributed by atoms with Crippen molar-refractivity contribution in [2.24, 2.45) is 5.73 Å². The first-order valence-electron chi connectivity index (χ1n) is 8.49. The van der Waals surface area contributed by atoms with Crippen molar-refractivity contribution < 1.29 is 17.3 Å². The maximum atomic E-state index is 6.33. The van der Waals surface area contributed by atoms with Crippen LogP contribution in [-0.2, 0) is 17.3 Å². The molecule has 0 fully saturated rings. The minimum absolute atomic E-state index is 0. The van der Waals surface area contributed by atoms with Crippen LogP contribution < -0.4 is 11.1 Å².